The quantitative estimate of drug-likeness (QED) is 0.916. The molecular weight excluding hydrogens is 279 g/mol. The topological polar surface area (TPSA) is 29.9 Å². The lowest BCUT2D eigenvalue weighted by Gasteiger charge is -2.03. The Hall–Kier alpha value is -1.69. The second kappa shape index (κ2) is 7.04. The number of rotatable bonds is 5. The van der Waals surface area contributed by atoms with Gasteiger partial charge in [-0.05, 0) is 17.7 Å². The first-order chi connectivity index (χ1) is 8.63. The third-order valence-electron chi connectivity index (χ3n) is 2.37. The van der Waals surface area contributed by atoms with E-state index in [0.717, 1.165) is 5.56 Å². The van der Waals surface area contributed by atoms with Crippen LogP contribution in [0.15, 0.2) is 36.7 Å². The van der Waals surface area contributed by atoms with E-state index in [9.17, 15) is 13.2 Å². The molecular formula is C12H13ClF3N3. The van der Waals surface area contributed by atoms with Crippen molar-refractivity contribution in [3.05, 3.63) is 48.0 Å². The molecule has 0 spiro atoms. The van der Waals surface area contributed by atoms with E-state index in [1.807, 2.05) is 0 Å². The molecule has 0 radical (unpaired) electrons. The molecule has 0 aliphatic heterocycles. The van der Waals surface area contributed by atoms with Gasteiger partial charge < -0.3 is 5.32 Å². The van der Waals surface area contributed by atoms with Crippen LogP contribution >= 0.6 is 12.4 Å². The van der Waals surface area contributed by atoms with E-state index in [-0.39, 0.29) is 18.2 Å². The van der Waals surface area contributed by atoms with Gasteiger partial charge in [0.1, 0.15) is 12.4 Å². The molecule has 0 atom stereocenters. The summed E-state index contributed by atoms with van der Waals surface area (Å²) in [6.07, 6.45) is 0.566. The lowest BCUT2D eigenvalue weighted by Crippen LogP contribution is -2.06. The highest BCUT2D eigenvalue weighted by Crippen LogP contribution is 2.10. The van der Waals surface area contributed by atoms with Crippen LogP contribution in [0.4, 0.5) is 18.9 Å². The molecule has 0 fully saturated rings. The molecule has 104 valence electrons. The number of alkyl halides is 2. The van der Waals surface area contributed by atoms with Crippen LogP contribution in [0, 0.1) is 5.82 Å². The van der Waals surface area contributed by atoms with Gasteiger partial charge in [0, 0.05) is 12.7 Å². The van der Waals surface area contributed by atoms with E-state index in [1.165, 1.54) is 29.2 Å². The maximum absolute atomic E-state index is 12.7. The van der Waals surface area contributed by atoms with Crippen LogP contribution in [0.25, 0.3) is 0 Å². The first-order valence-corrected chi connectivity index (χ1v) is 5.42. The van der Waals surface area contributed by atoms with Gasteiger partial charge in [0.2, 0.25) is 0 Å². The third-order valence-corrected chi connectivity index (χ3v) is 2.37. The zero-order valence-electron chi connectivity index (χ0n) is 9.89. The maximum Gasteiger partial charge on any atom is 0.257 e. The maximum atomic E-state index is 12.7. The SMILES string of the molecule is Cl.Fc1ccc(CNc2cnn(CC(F)F)c2)cc1. The van der Waals surface area contributed by atoms with E-state index >= 15 is 0 Å². The van der Waals surface area contributed by atoms with Crippen LogP contribution in [0.5, 0.6) is 0 Å². The molecule has 1 N–H and O–H groups in total. The summed E-state index contributed by atoms with van der Waals surface area (Å²) in [6, 6.07) is 6.06. The van der Waals surface area contributed by atoms with E-state index in [0.29, 0.717) is 12.2 Å². The molecule has 1 aromatic heterocycles. The van der Waals surface area contributed by atoms with Gasteiger partial charge in [0.05, 0.1) is 11.9 Å². The summed E-state index contributed by atoms with van der Waals surface area (Å²) >= 11 is 0. The number of nitrogens with one attached hydrogen (secondary N) is 1. The fraction of sp³-hybridized carbons (Fsp3) is 0.250. The minimum atomic E-state index is -2.42. The fourth-order valence-electron chi connectivity index (χ4n) is 1.50. The molecule has 0 saturated heterocycles. The fourth-order valence-corrected chi connectivity index (χ4v) is 1.50. The Morgan fingerprint density at radius 1 is 1.21 bits per heavy atom. The lowest BCUT2D eigenvalue weighted by molar-refractivity contribution is 0.122. The van der Waals surface area contributed by atoms with Crippen LogP contribution in [-0.4, -0.2) is 16.2 Å². The molecule has 1 aromatic carbocycles. The van der Waals surface area contributed by atoms with Crippen molar-refractivity contribution in [3.8, 4) is 0 Å². The Morgan fingerprint density at radius 3 is 2.53 bits per heavy atom. The average Bonchev–Trinajstić information content (AvgIpc) is 2.75. The summed E-state index contributed by atoms with van der Waals surface area (Å²) in [4.78, 5) is 0. The molecule has 0 saturated carbocycles. The number of halogens is 4. The molecule has 3 nitrogen and oxygen atoms in total. The van der Waals surface area contributed by atoms with Crippen LogP contribution < -0.4 is 5.32 Å². The molecule has 7 heteroatoms. The number of hydrogen-bond acceptors (Lipinski definition) is 2. The van der Waals surface area contributed by atoms with E-state index in [1.54, 1.807) is 12.1 Å². The number of anilines is 1. The summed E-state index contributed by atoms with van der Waals surface area (Å²) < 4.78 is 38.1. The summed E-state index contributed by atoms with van der Waals surface area (Å²) in [6.45, 7) is 0.0683. The predicted molar refractivity (Wildman–Crippen MR) is 69.2 cm³/mol. The van der Waals surface area contributed by atoms with Crippen molar-refractivity contribution in [3.63, 3.8) is 0 Å². The summed E-state index contributed by atoms with van der Waals surface area (Å²) in [5.74, 6) is -0.288. The van der Waals surface area contributed by atoms with Gasteiger partial charge in [0.25, 0.3) is 6.43 Å². The van der Waals surface area contributed by atoms with E-state index in [4.69, 9.17) is 0 Å². The normalized spacial score (nSPS) is 10.3. The molecule has 0 bridgehead atoms. The molecule has 0 aliphatic rings. The second-order valence-corrected chi connectivity index (χ2v) is 3.82. The molecule has 19 heavy (non-hydrogen) atoms. The Bertz CT molecular complexity index is 499. The van der Waals surface area contributed by atoms with Gasteiger partial charge in [-0.1, -0.05) is 12.1 Å². The van der Waals surface area contributed by atoms with Crippen molar-refractivity contribution in [2.75, 3.05) is 5.32 Å². The van der Waals surface area contributed by atoms with Crippen molar-refractivity contribution in [2.45, 2.75) is 19.5 Å². The zero-order valence-corrected chi connectivity index (χ0v) is 10.7. The molecule has 2 rings (SSSR count). The van der Waals surface area contributed by atoms with Crippen LogP contribution in [0.2, 0.25) is 0 Å². The lowest BCUT2D eigenvalue weighted by atomic mass is 10.2. The van der Waals surface area contributed by atoms with Crippen LogP contribution in [-0.2, 0) is 13.1 Å². The molecule has 1 heterocycles. The average molecular weight is 292 g/mol. The summed E-state index contributed by atoms with van der Waals surface area (Å²) in [7, 11) is 0. The molecule has 0 unspecified atom stereocenters. The Balaban J connectivity index is 0.00000180. The van der Waals surface area contributed by atoms with Crippen molar-refractivity contribution < 1.29 is 13.2 Å². The van der Waals surface area contributed by atoms with Gasteiger partial charge in [-0.3, -0.25) is 4.68 Å². The highest BCUT2D eigenvalue weighted by atomic mass is 35.5. The largest absolute Gasteiger partial charge is 0.378 e. The van der Waals surface area contributed by atoms with Crippen LogP contribution in [0.3, 0.4) is 0 Å². The second-order valence-electron chi connectivity index (χ2n) is 3.82. The van der Waals surface area contributed by atoms with E-state index < -0.39 is 13.0 Å². The number of hydrogen-bond donors (Lipinski definition) is 1. The Labute approximate surface area is 114 Å². The van der Waals surface area contributed by atoms with Gasteiger partial charge in [-0.25, -0.2) is 13.2 Å². The third kappa shape index (κ3) is 4.82. The monoisotopic (exact) mass is 291 g/mol. The molecule has 2 aromatic rings. The molecule has 0 aliphatic carbocycles. The first kappa shape index (κ1) is 15.4. The number of nitrogens with zero attached hydrogens (tertiary/aromatic N) is 2. The van der Waals surface area contributed by atoms with Crippen molar-refractivity contribution in [1.82, 2.24) is 9.78 Å². The Kier molecular flexibility index (Phi) is 5.69. The minimum Gasteiger partial charge on any atom is -0.378 e. The van der Waals surface area contributed by atoms with Gasteiger partial charge in [-0.2, -0.15) is 5.10 Å². The van der Waals surface area contributed by atoms with Gasteiger partial charge in [-0.15, -0.1) is 12.4 Å². The first-order valence-electron chi connectivity index (χ1n) is 5.42. The number of aromatic nitrogens is 2. The minimum absolute atomic E-state index is 0. The predicted octanol–water partition coefficient (Wildman–Crippen LogP) is 3.32. The van der Waals surface area contributed by atoms with Gasteiger partial charge in [0.15, 0.2) is 0 Å². The number of benzene rings is 1. The Morgan fingerprint density at radius 2 is 1.89 bits per heavy atom. The van der Waals surface area contributed by atoms with Gasteiger partial charge >= 0.3 is 0 Å². The van der Waals surface area contributed by atoms with E-state index in [2.05, 4.69) is 10.4 Å². The highest BCUT2D eigenvalue weighted by Gasteiger charge is 2.05. The smallest absolute Gasteiger partial charge is 0.257 e. The zero-order chi connectivity index (χ0) is 13.0. The molecule has 0 amide bonds. The van der Waals surface area contributed by atoms with Crippen molar-refractivity contribution >= 4 is 18.1 Å². The van der Waals surface area contributed by atoms with Crippen LogP contribution in [0.1, 0.15) is 5.56 Å². The van der Waals surface area contributed by atoms with Crippen molar-refractivity contribution in [1.29, 1.82) is 0 Å². The highest BCUT2D eigenvalue weighted by molar-refractivity contribution is 5.85. The van der Waals surface area contributed by atoms with Crippen molar-refractivity contribution in [2.24, 2.45) is 0 Å². The summed E-state index contributed by atoms with van der Waals surface area (Å²) in [5.41, 5.74) is 1.55. The standard InChI is InChI=1S/C12H12F3N3.ClH/c13-10-3-1-9(2-4-10)5-16-11-6-17-18(7-11)8-12(14)15;/h1-4,6-7,12,16H,5,8H2;1H. The summed E-state index contributed by atoms with van der Waals surface area (Å²) in [5, 5.41) is 6.82.